The molecule has 0 amide bonds. The van der Waals surface area contributed by atoms with E-state index >= 15 is 0 Å². The molecule has 5 heteroatoms. The van der Waals surface area contributed by atoms with Crippen LogP contribution in [0.15, 0.2) is 60.7 Å². The molecule has 3 aromatic carbocycles. The van der Waals surface area contributed by atoms with Gasteiger partial charge >= 0.3 is 7.12 Å². The van der Waals surface area contributed by atoms with Gasteiger partial charge in [0.25, 0.3) is 0 Å². The van der Waals surface area contributed by atoms with E-state index < -0.39 is 23.9 Å². The van der Waals surface area contributed by atoms with Gasteiger partial charge in [0, 0.05) is 11.1 Å². The summed E-state index contributed by atoms with van der Waals surface area (Å²) in [7, 11) is -0.617. The van der Waals surface area contributed by atoms with Crippen molar-refractivity contribution in [2.75, 3.05) is 0 Å². The Kier molecular flexibility index (Phi) is 4.60. The van der Waals surface area contributed by atoms with Crippen molar-refractivity contribution in [2.45, 2.75) is 58.3 Å². The Morgan fingerprint density at radius 3 is 2.12 bits per heavy atom. The molecule has 0 aromatic heterocycles. The number of hydrogen-bond donors (Lipinski definition) is 0. The summed E-state index contributed by atoms with van der Waals surface area (Å²) >= 11 is 0. The molecule has 0 atom stereocenters. The lowest BCUT2D eigenvalue weighted by Crippen LogP contribution is -2.41. The predicted octanol–water partition coefficient (Wildman–Crippen LogP) is 6.09. The molecule has 1 fully saturated rings. The van der Waals surface area contributed by atoms with E-state index in [1.807, 2.05) is 58.0 Å². The Labute approximate surface area is 189 Å². The van der Waals surface area contributed by atoms with Gasteiger partial charge in [-0.3, -0.25) is 0 Å². The summed E-state index contributed by atoms with van der Waals surface area (Å²) in [6.45, 7) is 12.1. The maximum absolute atomic E-state index is 14.7. The van der Waals surface area contributed by atoms with Gasteiger partial charge < -0.3 is 14.0 Å². The Balaban J connectivity index is 1.55. The highest BCUT2D eigenvalue weighted by Gasteiger charge is 2.51. The highest BCUT2D eigenvalue weighted by molar-refractivity contribution is 6.62. The summed E-state index contributed by atoms with van der Waals surface area (Å²) in [5, 5.41) is 0. The third-order valence-corrected chi connectivity index (χ3v) is 6.99. The van der Waals surface area contributed by atoms with E-state index in [-0.39, 0.29) is 5.82 Å². The minimum atomic E-state index is -0.617. The highest BCUT2D eigenvalue weighted by Crippen LogP contribution is 2.46. The van der Waals surface area contributed by atoms with Crippen molar-refractivity contribution in [1.82, 2.24) is 0 Å². The van der Waals surface area contributed by atoms with Gasteiger partial charge in [0.2, 0.25) is 0 Å². The molecule has 3 aromatic rings. The first kappa shape index (κ1) is 21.2. The van der Waals surface area contributed by atoms with E-state index in [1.165, 1.54) is 11.6 Å². The Hall–Kier alpha value is -2.63. The van der Waals surface area contributed by atoms with Crippen molar-refractivity contribution in [2.24, 2.45) is 0 Å². The zero-order chi connectivity index (χ0) is 22.9. The Morgan fingerprint density at radius 2 is 1.41 bits per heavy atom. The van der Waals surface area contributed by atoms with Crippen LogP contribution < -0.4 is 10.2 Å². The predicted molar refractivity (Wildman–Crippen MR) is 127 cm³/mol. The van der Waals surface area contributed by atoms with Crippen LogP contribution >= 0.6 is 0 Å². The molecule has 0 bridgehead atoms. The number of benzene rings is 3. The fourth-order valence-corrected chi connectivity index (χ4v) is 4.48. The van der Waals surface area contributed by atoms with Crippen molar-refractivity contribution >= 4 is 12.6 Å². The molecule has 0 spiro atoms. The van der Waals surface area contributed by atoms with Crippen molar-refractivity contribution in [3.8, 4) is 28.0 Å². The van der Waals surface area contributed by atoms with Crippen molar-refractivity contribution in [3.05, 3.63) is 72.0 Å². The molecule has 2 aliphatic rings. The Morgan fingerprint density at radius 1 is 0.719 bits per heavy atom. The first-order valence-corrected chi connectivity index (χ1v) is 11.1. The summed E-state index contributed by atoms with van der Waals surface area (Å²) < 4.78 is 33.3. The maximum Gasteiger partial charge on any atom is 0.494 e. The van der Waals surface area contributed by atoms with Gasteiger partial charge in [0.05, 0.1) is 11.2 Å². The molecule has 0 saturated carbocycles. The number of halogens is 1. The van der Waals surface area contributed by atoms with E-state index in [1.54, 1.807) is 6.07 Å². The van der Waals surface area contributed by atoms with Crippen LogP contribution in [0.1, 0.15) is 47.1 Å². The molecule has 32 heavy (non-hydrogen) atoms. The first-order chi connectivity index (χ1) is 15.0. The molecule has 2 aliphatic heterocycles. The van der Waals surface area contributed by atoms with Crippen LogP contribution in [0.3, 0.4) is 0 Å². The van der Waals surface area contributed by atoms with Gasteiger partial charge in [-0.1, -0.05) is 42.5 Å². The zero-order valence-corrected chi connectivity index (χ0v) is 19.5. The zero-order valence-electron chi connectivity index (χ0n) is 19.5. The molecule has 164 valence electrons. The van der Waals surface area contributed by atoms with Crippen LogP contribution in [0.25, 0.3) is 22.3 Å². The van der Waals surface area contributed by atoms with Gasteiger partial charge in [-0.25, -0.2) is 4.39 Å². The van der Waals surface area contributed by atoms with Crippen LogP contribution in [0.5, 0.6) is 5.75 Å². The third-order valence-electron chi connectivity index (χ3n) is 6.99. The summed E-state index contributed by atoms with van der Waals surface area (Å²) in [4.78, 5) is 0. The maximum atomic E-state index is 14.7. The van der Waals surface area contributed by atoms with E-state index in [9.17, 15) is 4.39 Å². The quantitative estimate of drug-likeness (QED) is 0.461. The lowest BCUT2D eigenvalue weighted by Gasteiger charge is -2.35. The summed E-state index contributed by atoms with van der Waals surface area (Å²) in [6.07, 6.45) is 0. The molecule has 3 nitrogen and oxygen atoms in total. The molecule has 0 N–H and O–H groups in total. The van der Waals surface area contributed by atoms with Gasteiger partial charge in [-0.15, -0.1) is 0 Å². The van der Waals surface area contributed by atoms with Crippen molar-refractivity contribution in [1.29, 1.82) is 0 Å². The second-order valence-corrected chi connectivity index (χ2v) is 10.2. The lowest BCUT2D eigenvalue weighted by atomic mass is 9.77. The van der Waals surface area contributed by atoms with E-state index in [4.69, 9.17) is 14.0 Å². The minimum Gasteiger partial charge on any atom is -0.482 e. The van der Waals surface area contributed by atoms with Gasteiger partial charge in [0.1, 0.15) is 17.2 Å². The molecule has 0 radical (unpaired) electrons. The topological polar surface area (TPSA) is 27.7 Å². The van der Waals surface area contributed by atoms with Crippen molar-refractivity contribution < 1.29 is 18.4 Å². The summed E-state index contributed by atoms with van der Waals surface area (Å²) in [5.74, 6) is 0.476. The molecule has 1 saturated heterocycles. The number of fused-ring (bicyclic) bond motifs is 3. The van der Waals surface area contributed by atoms with Crippen LogP contribution in [-0.2, 0) is 14.9 Å². The molecular formula is C27H28BFO3. The fourth-order valence-electron chi connectivity index (χ4n) is 4.48. The Bertz CT molecular complexity index is 1200. The minimum absolute atomic E-state index is 0.323. The normalized spacial score (nSPS) is 19.8. The molecule has 2 heterocycles. The fraction of sp³-hybridized carbons (Fsp3) is 0.333. The van der Waals surface area contributed by atoms with E-state index in [2.05, 4.69) is 32.0 Å². The van der Waals surface area contributed by atoms with Crippen LogP contribution in [0.4, 0.5) is 4.39 Å². The standard InChI is InChI=1S/C27H28BFO3/c1-25(2)23-10-8-7-9-21(23)22-12-11-17(15-24(22)30-25)18-13-19(16-20(29)14-18)28-31-26(3,4)27(5,6)32-28/h7-16H,1-6H3. The second-order valence-electron chi connectivity index (χ2n) is 10.2. The lowest BCUT2D eigenvalue weighted by molar-refractivity contribution is 0.00578. The monoisotopic (exact) mass is 430 g/mol. The second kappa shape index (κ2) is 6.93. The summed E-state index contributed by atoms with van der Waals surface area (Å²) in [6, 6.07) is 19.3. The average molecular weight is 430 g/mol. The molecule has 0 aliphatic carbocycles. The van der Waals surface area contributed by atoms with Crippen LogP contribution in [-0.4, -0.2) is 18.3 Å². The smallest absolute Gasteiger partial charge is 0.482 e. The van der Waals surface area contributed by atoms with Gasteiger partial charge in [-0.2, -0.15) is 0 Å². The van der Waals surface area contributed by atoms with Gasteiger partial charge in [-0.05, 0) is 81.9 Å². The third kappa shape index (κ3) is 3.35. The van der Waals surface area contributed by atoms with Crippen molar-refractivity contribution in [3.63, 3.8) is 0 Å². The van der Waals surface area contributed by atoms with Crippen LogP contribution in [0, 0.1) is 5.82 Å². The molecule has 0 unspecified atom stereocenters. The highest BCUT2D eigenvalue weighted by atomic mass is 19.1. The molecule has 5 rings (SSSR count). The average Bonchev–Trinajstić information content (AvgIpc) is 2.94. The number of hydrogen-bond acceptors (Lipinski definition) is 3. The van der Waals surface area contributed by atoms with Gasteiger partial charge in [0.15, 0.2) is 0 Å². The molecular weight excluding hydrogens is 402 g/mol. The first-order valence-electron chi connectivity index (χ1n) is 11.1. The SMILES string of the molecule is CC1(C)Oc2cc(-c3cc(F)cc(B4OC(C)(C)C(C)(C)O4)c3)ccc2-c2ccccc21. The number of ether oxygens (including phenoxy) is 1. The number of rotatable bonds is 2. The largest absolute Gasteiger partial charge is 0.494 e. The van der Waals surface area contributed by atoms with E-state index in [0.29, 0.717) is 5.46 Å². The van der Waals surface area contributed by atoms with Crippen LogP contribution in [0.2, 0.25) is 0 Å². The van der Waals surface area contributed by atoms with E-state index in [0.717, 1.165) is 28.0 Å². The summed E-state index contributed by atoms with van der Waals surface area (Å²) in [5.41, 5.74) is 4.28.